The zero-order valence-electron chi connectivity index (χ0n) is 13.5. The largest absolute Gasteiger partial charge is 0.484 e. The van der Waals surface area contributed by atoms with Crippen molar-refractivity contribution in [1.82, 2.24) is 0 Å². The van der Waals surface area contributed by atoms with Crippen molar-refractivity contribution in [1.29, 1.82) is 0 Å². The van der Waals surface area contributed by atoms with Crippen LogP contribution in [0.15, 0.2) is 30.3 Å². The first-order valence-electron chi connectivity index (χ1n) is 7.23. The molecule has 0 unspecified atom stereocenters. The lowest BCUT2D eigenvalue weighted by atomic mass is 10.1. The van der Waals surface area contributed by atoms with Crippen LogP contribution in [-0.2, 0) is 4.79 Å². The fourth-order valence-electron chi connectivity index (χ4n) is 2.53. The van der Waals surface area contributed by atoms with Gasteiger partial charge >= 0.3 is 0 Å². The molecule has 0 aliphatic heterocycles. The number of benzene rings is 2. The number of nitrogens with one attached hydrogen (secondary N) is 1. The van der Waals surface area contributed by atoms with E-state index in [9.17, 15) is 4.79 Å². The van der Waals surface area contributed by atoms with Gasteiger partial charge in [0.05, 0.1) is 0 Å². The average molecular weight is 298 g/mol. The summed E-state index contributed by atoms with van der Waals surface area (Å²) in [7, 11) is 0. The number of amides is 1. The van der Waals surface area contributed by atoms with Crippen LogP contribution in [0.25, 0.3) is 0 Å². The normalized spacial score (nSPS) is 10.4. The van der Waals surface area contributed by atoms with Crippen molar-refractivity contribution in [2.24, 2.45) is 0 Å². The summed E-state index contributed by atoms with van der Waals surface area (Å²) in [5.41, 5.74) is 11.4. The molecule has 0 saturated heterocycles. The molecule has 2 aromatic carbocycles. The van der Waals surface area contributed by atoms with E-state index in [1.54, 1.807) is 0 Å². The van der Waals surface area contributed by atoms with Crippen LogP contribution in [0.4, 0.5) is 11.4 Å². The zero-order chi connectivity index (χ0) is 16.3. The Hall–Kier alpha value is -2.49. The Labute approximate surface area is 131 Å². The molecule has 4 heteroatoms. The van der Waals surface area contributed by atoms with Crippen molar-refractivity contribution in [3.8, 4) is 5.75 Å². The minimum Gasteiger partial charge on any atom is -0.484 e. The van der Waals surface area contributed by atoms with Gasteiger partial charge in [0.2, 0.25) is 0 Å². The lowest BCUT2D eigenvalue weighted by Crippen LogP contribution is -2.21. The third-order valence-corrected chi connectivity index (χ3v) is 3.38. The maximum absolute atomic E-state index is 12.1. The van der Waals surface area contributed by atoms with Crippen LogP contribution in [0.3, 0.4) is 0 Å². The quantitative estimate of drug-likeness (QED) is 0.849. The number of ether oxygens (including phenoxy) is 1. The molecule has 0 bridgehead atoms. The number of nitrogens with two attached hydrogens (primary N) is 1. The molecule has 2 aromatic rings. The highest BCUT2D eigenvalue weighted by molar-refractivity contribution is 5.93. The SMILES string of the molecule is Cc1cc(C)cc(OCC(=O)Nc2c(C)cc(N)cc2C)c1. The number of hydrogen-bond acceptors (Lipinski definition) is 3. The van der Waals surface area contributed by atoms with Crippen molar-refractivity contribution >= 4 is 17.3 Å². The van der Waals surface area contributed by atoms with E-state index >= 15 is 0 Å². The Bertz CT molecular complexity index is 665. The second kappa shape index (κ2) is 6.52. The summed E-state index contributed by atoms with van der Waals surface area (Å²) in [4.78, 5) is 12.1. The summed E-state index contributed by atoms with van der Waals surface area (Å²) >= 11 is 0. The summed E-state index contributed by atoms with van der Waals surface area (Å²) in [6, 6.07) is 9.58. The first-order valence-corrected chi connectivity index (χ1v) is 7.23. The Morgan fingerprint density at radius 3 is 2.09 bits per heavy atom. The zero-order valence-corrected chi connectivity index (χ0v) is 13.5. The van der Waals surface area contributed by atoms with Gasteiger partial charge in [-0.25, -0.2) is 0 Å². The molecular weight excluding hydrogens is 276 g/mol. The molecule has 0 heterocycles. The van der Waals surface area contributed by atoms with E-state index in [-0.39, 0.29) is 12.5 Å². The van der Waals surface area contributed by atoms with Crippen LogP contribution in [-0.4, -0.2) is 12.5 Å². The Balaban J connectivity index is 2.02. The van der Waals surface area contributed by atoms with Crippen molar-refractivity contribution in [3.05, 3.63) is 52.6 Å². The lowest BCUT2D eigenvalue weighted by Gasteiger charge is -2.13. The molecule has 0 fully saturated rings. The van der Waals surface area contributed by atoms with Crippen LogP contribution < -0.4 is 15.8 Å². The second-order valence-electron chi connectivity index (χ2n) is 5.69. The summed E-state index contributed by atoms with van der Waals surface area (Å²) in [5.74, 6) is 0.522. The van der Waals surface area contributed by atoms with E-state index in [2.05, 4.69) is 11.4 Å². The van der Waals surface area contributed by atoms with Crippen LogP contribution in [0.5, 0.6) is 5.75 Å². The van der Waals surface area contributed by atoms with Crippen LogP contribution in [0, 0.1) is 27.7 Å². The van der Waals surface area contributed by atoms with Crippen molar-refractivity contribution in [2.45, 2.75) is 27.7 Å². The molecule has 0 radical (unpaired) electrons. The maximum Gasteiger partial charge on any atom is 0.262 e. The summed E-state index contributed by atoms with van der Waals surface area (Å²) in [5, 5.41) is 2.89. The van der Waals surface area contributed by atoms with Gasteiger partial charge in [-0.1, -0.05) is 6.07 Å². The molecule has 0 aliphatic rings. The molecule has 4 nitrogen and oxygen atoms in total. The first kappa shape index (κ1) is 15.9. The minimum atomic E-state index is -0.185. The van der Waals surface area contributed by atoms with Crippen LogP contribution in [0.2, 0.25) is 0 Å². The Morgan fingerprint density at radius 1 is 1.00 bits per heavy atom. The summed E-state index contributed by atoms with van der Waals surface area (Å²) in [6.07, 6.45) is 0. The molecule has 0 saturated carbocycles. The van der Waals surface area contributed by atoms with Gasteiger partial charge in [0, 0.05) is 11.4 Å². The van der Waals surface area contributed by atoms with E-state index < -0.39 is 0 Å². The molecular formula is C18H22N2O2. The van der Waals surface area contributed by atoms with Crippen LogP contribution >= 0.6 is 0 Å². The van der Waals surface area contributed by atoms with Crippen molar-refractivity contribution in [3.63, 3.8) is 0 Å². The smallest absolute Gasteiger partial charge is 0.262 e. The van der Waals surface area contributed by atoms with Crippen LogP contribution in [0.1, 0.15) is 22.3 Å². The number of anilines is 2. The number of nitrogen functional groups attached to an aromatic ring is 1. The topological polar surface area (TPSA) is 64.3 Å². The molecule has 22 heavy (non-hydrogen) atoms. The fourth-order valence-corrected chi connectivity index (χ4v) is 2.53. The predicted octanol–water partition coefficient (Wildman–Crippen LogP) is 3.52. The molecule has 2 rings (SSSR count). The van der Waals surface area contributed by atoms with Crippen molar-refractivity contribution < 1.29 is 9.53 Å². The van der Waals surface area contributed by atoms with Gasteiger partial charge in [-0.3, -0.25) is 4.79 Å². The number of hydrogen-bond donors (Lipinski definition) is 2. The van der Waals surface area contributed by atoms with Gasteiger partial charge < -0.3 is 15.8 Å². The summed E-state index contributed by atoms with van der Waals surface area (Å²) < 4.78 is 5.57. The molecule has 0 atom stereocenters. The van der Waals surface area contributed by atoms with Gasteiger partial charge in [0.15, 0.2) is 6.61 Å². The number of rotatable bonds is 4. The van der Waals surface area contributed by atoms with E-state index in [1.807, 2.05) is 52.0 Å². The fraction of sp³-hybridized carbons (Fsp3) is 0.278. The standard InChI is InChI=1S/C18H22N2O2/c1-11-5-12(2)7-16(6-11)22-10-17(21)20-18-13(3)8-15(19)9-14(18)4/h5-9H,10,19H2,1-4H3,(H,20,21). The third-order valence-electron chi connectivity index (χ3n) is 3.38. The van der Waals surface area contributed by atoms with E-state index in [0.717, 1.165) is 27.9 Å². The second-order valence-corrected chi connectivity index (χ2v) is 5.69. The Kier molecular flexibility index (Phi) is 4.71. The monoisotopic (exact) mass is 298 g/mol. The minimum absolute atomic E-state index is 0.0217. The Morgan fingerprint density at radius 2 is 1.55 bits per heavy atom. The first-order chi connectivity index (χ1) is 10.3. The lowest BCUT2D eigenvalue weighted by molar-refractivity contribution is -0.118. The molecule has 0 aliphatic carbocycles. The van der Waals surface area contributed by atoms with E-state index in [1.165, 1.54) is 0 Å². The third kappa shape index (κ3) is 4.01. The van der Waals surface area contributed by atoms with Gasteiger partial charge in [0.1, 0.15) is 5.75 Å². The highest BCUT2D eigenvalue weighted by Gasteiger charge is 2.09. The molecule has 1 amide bonds. The van der Waals surface area contributed by atoms with Gasteiger partial charge in [0.25, 0.3) is 5.91 Å². The van der Waals surface area contributed by atoms with Gasteiger partial charge in [-0.15, -0.1) is 0 Å². The number of carbonyl (C=O) groups excluding carboxylic acids is 1. The molecule has 116 valence electrons. The molecule has 3 N–H and O–H groups in total. The molecule has 0 spiro atoms. The number of carbonyl (C=O) groups is 1. The molecule has 0 aromatic heterocycles. The van der Waals surface area contributed by atoms with Crippen molar-refractivity contribution in [2.75, 3.05) is 17.7 Å². The highest BCUT2D eigenvalue weighted by atomic mass is 16.5. The predicted molar refractivity (Wildman–Crippen MR) is 90.4 cm³/mol. The van der Waals surface area contributed by atoms with Gasteiger partial charge in [-0.2, -0.15) is 0 Å². The number of aryl methyl sites for hydroxylation is 4. The van der Waals surface area contributed by atoms with E-state index in [0.29, 0.717) is 11.4 Å². The maximum atomic E-state index is 12.1. The summed E-state index contributed by atoms with van der Waals surface area (Å²) in [6.45, 7) is 7.82. The average Bonchev–Trinajstić information content (AvgIpc) is 2.39. The highest BCUT2D eigenvalue weighted by Crippen LogP contribution is 2.23. The van der Waals surface area contributed by atoms with Gasteiger partial charge in [-0.05, 0) is 74.2 Å². The van der Waals surface area contributed by atoms with E-state index in [4.69, 9.17) is 10.5 Å².